The fourth-order valence-corrected chi connectivity index (χ4v) is 8.57. The molecular formula is C43H41N7O7. The summed E-state index contributed by atoms with van der Waals surface area (Å²) in [5.74, 6) is -0.603. The van der Waals surface area contributed by atoms with Crippen LogP contribution in [0.25, 0.3) is 0 Å². The number of imide groups is 2. The highest BCUT2D eigenvalue weighted by Crippen LogP contribution is 2.46. The van der Waals surface area contributed by atoms with E-state index in [0.717, 1.165) is 46.2 Å². The number of ether oxygens (including phenoxy) is 1. The number of ketones is 1. The van der Waals surface area contributed by atoms with E-state index in [1.807, 2.05) is 59.5 Å². The van der Waals surface area contributed by atoms with Gasteiger partial charge in [0.25, 0.3) is 17.7 Å². The van der Waals surface area contributed by atoms with Crippen molar-refractivity contribution < 1.29 is 33.5 Å². The summed E-state index contributed by atoms with van der Waals surface area (Å²) >= 11 is 0. The predicted molar refractivity (Wildman–Crippen MR) is 207 cm³/mol. The number of anilines is 2. The Kier molecular flexibility index (Phi) is 8.67. The normalized spacial score (nSPS) is 20.1. The third kappa shape index (κ3) is 6.58. The number of carbonyl (C=O) groups is 6. The number of carbonyl (C=O) groups excluding carboxylic acids is 6. The molecule has 57 heavy (non-hydrogen) atoms. The smallest absolute Gasteiger partial charge is 0.262 e. The first-order valence-corrected chi connectivity index (χ1v) is 19.2. The SMILES string of the molecule is CC(C)(c1ccc(OCc2ccnc(N3CC4(CC(=O)C4)C3)n2)cc1)c1ccc(C(=O)NC2CN(c3ccc4c(c3)C(=O)N(C3CCC(=O)NC3=O)C4=O)C2)cc1. The van der Waals surface area contributed by atoms with Crippen LogP contribution in [-0.4, -0.2) is 88.4 Å². The molecule has 0 radical (unpaired) electrons. The van der Waals surface area contributed by atoms with Gasteiger partial charge in [-0.2, -0.15) is 0 Å². The van der Waals surface area contributed by atoms with Crippen molar-refractivity contribution in [2.45, 2.75) is 63.6 Å². The zero-order chi connectivity index (χ0) is 39.6. The van der Waals surface area contributed by atoms with E-state index >= 15 is 0 Å². The van der Waals surface area contributed by atoms with Crippen LogP contribution >= 0.6 is 0 Å². The Hall–Kier alpha value is -6.44. The van der Waals surface area contributed by atoms with Crippen LogP contribution in [0, 0.1) is 5.41 Å². The van der Waals surface area contributed by atoms with Crippen molar-refractivity contribution in [2.75, 3.05) is 36.0 Å². The monoisotopic (exact) mass is 767 g/mol. The number of nitrogens with zero attached hydrogens (tertiary/aromatic N) is 5. The standard InChI is InChI=1S/C43H41N7O7/c1-42(2,27-7-10-32(11-8-27)57-22-28-15-16-44-41(46-28)49-23-43(24-49)18-31(51)19-43)26-5-3-25(4-6-26)37(53)45-29-20-48(21-29)30-9-12-33-34(17-30)40(56)50(39(33)55)35-13-14-36(52)47-38(35)54/h3-12,15-17,29,35H,13-14,18-24H2,1-2H3,(H,45,53)(H,47,52,54). The maximum atomic E-state index is 13.2. The van der Waals surface area contributed by atoms with E-state index in [1.54, 1.807) is 24.4 Å². The van der Waals surface area contributed by atoms with Crippen molar-refractivity contribution in [2.24, 2.45) is 5.41 Å². The first-order valence-electron chi connectivity index (χ1n) is 19.2. The van der Waals surface area contributed by atoms with Crippen molar-refractivity contribution in [3.63, 3.8) is 0 Å². The molecule has 0 bridgehead atoms. The molecule has 1 aromatic heterocycles. The molecule has 5 aliphatic rings. The molecule has 3 saturated heterocycles. The Labute approximate surface area is 328 Å². The van der Waals surface area contributed by atoms with Crippen molar-refractivity contribution in [1.82, 2.24) is 25.5 Å². The van der Waals surface area contributed by atoms with Gasteiger partial charge >= 0.3 is 0 Å². The molecule has 4 fully saturated rings. The number of amides is 5. The second kappa shape index (κ2) is 13.6. The highest BCUT2D eigenvalue weighted by Gasteiger charge is 2.53. The molecule has 1 saturated carbocycles. The molecule has 1 atom stereocenters. The van der Waals surface area contributed by atoms with Crippen LogP contribution in [-0.2, 0) is 26.4 Å². The summed E-state index contributed by atoms with van der Waals surface area (Å²) in [6.07, 6.45) is 3.24. The highest BCUT2D eigenvalue weighted by molar-refractivity contribution is 6.23. The number of hydrogen-bond donors (Lipinski definition) is 2. The van der Waals surface area contributed by atoms with Crippen molar-refractivity contribution >= 4 is 47.0 Å². The van der Waals surface area contributed by atoms with Gasteiger partial charge < -0.3 is 19.9 Å². The molecule has 5 heterocycles. The molecule has 1 unspecified atom stereocenters. The van der Waals surface area contributed by atoms with E-state index in [0.29, 0.717) is 49.8 Å². The number of hydrogen-bond acceptors (Lipinski definition) is 11. The Morgan fingerprint density at radius 1 is 0.877 bits per heavy atom. The highest BCUT2D eigenvalue weighted by atomic mass is 16.5. The summed E-state index contributed by atoms with van der Waals surface area (Å²) in [4.78, 5) is 89.1. The Balaban J connectivity index is 0.761. The van der Waals surface area contributed by atoms with Crippen LogP contribution in [0.4, 0.5) is 11.6 Å². The largest absolute Gasteiger partial charge is 0.487 e. The average molecular weight is 768 g/mol. The van der Waals surface area contributed by atoms with E-state index in [-0.39, 0.29) is 46.7 Å². The molecule has 14 heteroatoms. The van der Waals surface area contributed by atoms with Gasteiger partial charge in [0.15, 0.2) is 0 Å². The zero-order valence-electron chi connectivity index (χ0n) is 31.6. The molecule has 290 valence electrons. The summed E-state index contributed by atoms with van der Waals surface area (Å²) < 4.78 is 6.07. The summed E-state index contributed by atoms with van der Waals surface area (Å²) in [7, 11) is 0. The molecule has 5 amide bonds. The van der Waals surface area contributed by atoms with E-state index in [4.69, 9.17) is 4.74 Å². The quantitative estimate of drug-likeness (QED) is 0.226. The minimum atomic E-state index is -1.02. The maximum Gasteiger partial charge on any atom is 0.262 e. The second-order valence-electron chi connectivity index (χ2n) is 16.4. The van der Waals surface area contributed by atoms with Crippen molar-refractivity contribution in [3.8, 4) is 5.75 Å². The van der Waals surface area contributed by atoms with Crippen LogP contribution in [0.2, 0.25) is 0 Å². The second-order valence-corrected chi connectivity index (χ2v) is 16.4. The number of Topliss-reactive ketones (excluding diaryl/α,β-unsaturated/α-hetero) is 1. The summed E-state index contributed by atoms with van der Waals surface area (Å²) in [5, 5.41) is 5.30. The van der Waals surface area contributed by atoms with E-state index in [2.05, 4.69) is 39.3 Å². The molecule has 2 N–H and O–H groups in total. The molecular weight excluding hydrogens is 727 g/mol. The molecule has 1 spiro atoms. The van der Waals surface area contributed by atoms with Gasteiger partial charge in [0.1, 0.15) is 24.2 Å². The number of aromatic nitrogens is 2. The Morgan fingerprint density at radius 2 is 1.56 bits per heavy atom. The number of fused-ring (bicyclic) bond motifs is 1. The summed E-state index contributed by atoms with van der Waals surface area (Å²) in [6.45, 7) is 7.28. The van der Waals surface area contributed by atoms with E-state index < -0.39 is 29.7 Å². The fourth-order valence-electron chi connectivity index (χ4n) is 8.57. The molecule has 1 aliphatic carbocycles. The number of benzene rings is 3. The predicted octanol–water partition coefficient (Wildman–Crippen LogP) is 3.57. The lowest BCUT2D eigenvalue weighted by atomic mass is 9.63. The topological polar surface area (TPSA) is 171 Å². The third-order valence-electron chi connectivity index (χ3n) is 12.0. The molecule has 4 aromatic rings. The van der Waals surface area contributed by atoms with Gasteiger partial charge in [0.05, 0.1) is 22.9 Å². The Morgan fingerprint density at radius 3 is 2.25 bits per heavy atom. The Bertz CT molecular complexity index is 2340. The van der Waals surface area contributed by atoms with Gasteiger partial charge in [0.2, 0.25) is 17.8 Å². The molecule has 3 aromatic carbocycles. The lowest BCUT2D eigenvalue weighted by Gasteiger charge is -2.54. The fraction of sp³-hybridized carbons (Fsp3) is 0.349. The lowest BCUT2D eigenvalue weighted by Crippen LogP contribution is -2.63. The van der Waals surface area contributed by atoms with Gasteiger partial charge in [-0.25, -0.2) is 9.97 Å². The molecule has 14 nitrogen and oxygen atoms in total. The van der Waals surface area contributed by atoms with Crippen molar-refractivity contribution in [1.29, 1.82) is 0 Å². The summed E-state index contributed by atoms with van der Waals surface area (Å²) in [6, 6.07) is 21.3. The van der Waals surface area contributed by atoms with Crippen LogP contribution < -0.4 is 25.2 Å². The number of rotatable bonds is 10. The number of nitrogens with one attached hydrogen (secondary N) is 2. The van der Waals surface area contributed by atoms with Crippen LogP contribution in [0.3, 0.4) is 0 Å². The van der Waals surface area contributed by atoms with Gasteiger partial charge in [-0.05, 0) is 66.1 Å². The van der Waals surface area contributed by atoms with Crippen LogP contribution in [0.5, 0.6) is 5.75 Å². The van der Waals surface area contributed by atoms with Gasteiger partial charge in [-0.15, -0.1) is 0 Å². The molecule has 4 aliphatic heterocycles. The average Bonchev–Trinajstić information content (AvgIpc) is 3.41. The van der Waals surface area contributed by atoms with Crippen LogP contribution in [0.15, 0.2) is 79.0 Å². The minimum absolute atomic E-state index is 0.0604. The first kappa shape index (κ1) is 36.2. The van der Waals surface area contributed by atoms with Gasteiger partial charge in [0, 0.05) is 73.7 Å². The first-order chi connectivity index (χ1) is 27.4. The van der Waals surface area contributed by atoms with Crippen molar-refractivity contribution in [3.05, 3.63) is 113 Å². The van der Waals surface area contributed by atoms with Crippen LogP contribution in [0.1, 0.15) is 87.4 Å². The summed E-state index contributed by atoms with van der Waals surface area (Å²) in [5.41, 5.74) is 4.45. The van der Waals surface area contributed by atoms with Gasteiger partial charge in [-0.1, -0.05) is 38.1 Å². The number of piperidine rings is 1. The maximum absolute atomic E-state index is 13.2. The van der Waals surface area contributed by atoms with E-state index in [9.17, 15) is 28.8 Å². The minimum Gasteiger partial charge on any atom is -0.487 e. The van der Waals surface area contributed by atoms with E-state index in [1.165, 1.54) is 0 Å². The zero-order valence-corrected chi connectivity index (χ0v) is 31.6. The third-order valence-corrected chi connectivity index (χ3v) is 12.0. The lowest BCUT2D eigenvalue weighted by molar-refractivity contribution is -0.136. The molecule has 9 rings (SSSR count). The van der Waals surface area contributed by atoms with Gasteiger partial charge in [-0.3, -0.25) is 39.0 Å².